The van der Waals surface area contributed by atoms with Gasteiger partial charge in [-0.05, 0) is 24.0 Å². The third-order valence-electron chi connectivity index (χ3n) is 3.06. The highest BCUT2D eigenvalue weighted by Gasteiger charge is 2.26. The zero-order valence-corrected chi connectivity index (χ0v) is 8.89. The van der Waals surface area contributed by atoms with E-state index in [0.717, 1.165) is 18.7 Å². The molecule has 1 aromatic carbocycles. The van der Waals surface area contributed by atoms with Crippen molar-refractivity contribution >= 4 is 0 Å². The highest BCUT2D eigenvalue weighted by atomic mass is 16.4. The molecule has 0 saturated carbocycles. The van der Waals surface area contributed by atoms with Crippen molar-refractivity contribution in [3.8, 4) is 0 Å². The van der Waals surface area contributed by atoms with Gasteiger partial charge in [-0.2, -0.15) is 0 Å². The molecule has 0 aliphatic heterocycles. The number of hydrogen-bond acceptors (Lipinski definition) is 4. The molecule has 0 amide bonds. The first-order valence-corrected chi connectivity index (χ1v) is 5.46. The van der Waals surface area contributed by atoms with Gasteiger partial charge in [0.2, 0.25) is 11.8 Å². The van der Waals surface area contributed by atoms with Crippen LogP contribution in [0.3, 0.4) is 0 Å². The molecule has 0 atom stereocenters. The lowest BCUT2D eigenvalue weighted by molar-refractivity contribution is 0.420. The fourth-order valence-corrected chi connectivity index (χ4v) is 2.25. The SMILES string of the molecule is NCc1nnc(C2Cc3ccccc3C2)o1. The molecule has 0 fully saturated rings. The fourth-order valence-electron chi connectivity index (χ4n) is 2.25. The first kappa shape index (κ1) is 9.54. The average Bonchev–Trinajstić information content (AvgIpc) is 2.95. The number of fused-ring (bicyclic) bond motifs is 1. The zero-order valence-electron chi connectivity index (χ0n) is 8.89. The Kier molecular flexibility index (Phi) is 2.22. The summed E-state index contributed by atoms with van der Waals surface area (Å²) in [6, 6.07) is 8.46. The van der Waals surface area contributed by atoms with Crippen molar-refractivity contribution in [1.82, 2.24) is 10.2 Å². The van der Waals surface area contributed by atoms with Crippen LogP contribution in [-0.4, -0.2) is 10.2 Å². The van der Waals surface area contributed by atoms with E-state index in [0.29, 0.717) is 18.4 Å². The highest BCUT2D eigenvalue weighted by molar-refractivity contribution is 5.34. The van der Waals surface area contributed by atoms with Crippen LogP contribution in [0.2, 0.25) is 0 Å². The summed E-state index contributed by atoms with van der Waals surface area (Å²) < 4.78 is 5.50. The molecular weight excluding hydrogens is 202 g/mol. The predicted molar refractivity (Wildman–Crippen MR) is 58.8 cm³/mol. The third kappa shape index (κ3) is 1.51. The van der Waals surface area contributed by atoms with Gasteiger partial charge in [-0.25, -0.2) is 0 Å². The summed E-state index contributed by atoms with van der Waals surface area (Å²) in [6.45, 7) is 0.312. The van der Waals surface area contributed by atoms with Crippen LogP contribution in [-0.2, 0) is 19.4 Å². The van der Waals surface area contributed by atoms with Gasteiger partial charge in [-0.15, -0.1) is 10.2 Å². The largest absolute Gasteiger partial charge is 0.424 e. The van der Waals surface area contributed by atoms with Crippen LogP contribution in [0.25, 0.3) is 0 Å². The Bertz CT molecular complexity index is 481. The van der Waals surface area contributed by atoms with Gasteiger partial charge in [0.25, 0.3) is 0 Å². The number of aromatic nitrogens is 2. The summed E-state index contributed by atoms with van der Waals surface area (Å²) in [7, 11) is 0. The van der Waals surface area contributed by atoms with Crippen LogP contribution in [0, 0.1) is 0 Å². The van der Waals surface area contributed by atoms with Gasteiger partial charge in [0, 0.05) is 5.92 Å². The highest BCUT2D eigenvalue weighted by Crippen LogP contribution is 2.32. The van der Waals surface area contributed by atoms with E-state index < -0.39 is 0 Å². The minimum absolute atomic E-state index is 0.312. The first-order chi connectivity index (χ1) is 7.86. The molecule has 4 heteroatoms. The maximum atomic E-state index is 5.50. The van der Waals surface area contributed by atoms with Gasteiger partial charge in [0.15, 0.2) is 0 Å². The molecule has 0 unspecified atom stereocenters. The van der Waals surface area contributed by atoms with Gasteiger partial charge in [0.1, 0.15) is 0 Å². The summed E-state index contributed by atoms with van der Waals surface area (Å²) in [6.07, 6.45) is 1.98. The number of nitrogens with two attached hydrogens (primary N) is 1. The Morgan fingerprint density at radius 2 is 1.88 bits per heavy atom. The topological polar surface area (TPSA) is 64.9 Å². The zero-order chi connectivity index (χ0) is 11.0. The van der Waals surface area contributed by atoms with E-state index in [2.05, 4.69) is 34.5 Å². The summed E-state index contributed by atoms with van der Waals surface area (Å²) in [5.74, 6) is 1.56. The van der Waals surface area contributed by atoms with Crippen molar-refractivity contribution in [2.24, 2.45) is 5.73 Å². The van der Waals surface area contributed by atoms with Crippen LogP contribution in [0.5, 0.6) is 0 Å². The Hall–Kier alpha value is -1.68. The molecule has 1 aliphatic carbocycles. The van der Waals surface area contributed by atoms with Crippen molar-refractivity contribution in [2.45, 2.75) is 25.3 Å². The molecule has 2 aromatic rings. The van der Waals surface area contributed by atoms with Gasteiger partial charge in [0.05, 0.1) is 6.54 Å². The lowest BCUT2D eigenvalue weighted by Gasteiger charge is -2.00. The molecule has 1 aromatic heterocycles. The number of benzene rings is 1. The summed E-state index contributed by atoms with van der Waals surface area (Å²) in [5.41, 5.74) is 8.23. The Morgan fingerprint density at radius 1 is 1.19 bits per heavy atom. The second-order valence-corrected chi connectivity index (χ2v) is 4.11. The molecular formula is C12H13N3O. The van der Waals surface area contributed by atoms with Crippen molar-refractivity contribution in [1.29, 1.82) is 0 Å². The monoisotopic (exact) mass is 215 g/mol. The predicted octanol–water partition coefficient (Wildman–Crippen LogP) is 1.41. The molecule has 0 saturated heterocycles. The van der Waals surface area contributed by atoms with E-state index >= 15 is 0 Å². The van der Waals surface area contributed by atoms with Crippen LogP contribution < -0.4 is 5.73 Å². The van der Waals surface area contributed by atoms with Gasteiger partial charge in [-0.3, -0.25) is 0 Å². The standard InChI is InChI=1S/C12H13N3O/c13-7-11-14-15-12(16-11)10-5-8-3-1-2-4-9(8)6-10/h1-4,10H,5-7,13H2. The van der Waals surface area contributed by atoms with Crippen molar-refractivity contribution < 1.29 is 4.42 Å². The molecule has 0 spiro atoms. The molecule has 0 bridgehead atoms. The van der Waals surface area contributed by atoms with E-state index in [1.165, 1.54) is 11.1 Å². The molecule has 16 heavy (non-hydrogen) atoms. The molecule has 1 aliphatic rings. The minimum atomic E-state index is 0.312. The number of hydrogen-bond donors (Lipinski definition) is 1. The van der Waals surface area contributed by atoms with E-state index in [1.54, 1.807) is 0 Å². The van der Waals surface area contributed by atoms with Crippen molar-refractivity contribution in [3.05, 3.63) is 47.2 Å². The van der Waals surface area contributed by atoms with Crippen LogP contribution in [0.1, 0.15) is 28.8 Å². The number of nitrogens with zero attached hydrogens (tertiary/aromatic N) is 2. The average molecular weight is 215 g/mol. The van der Waals surface area contributed by atoms with Gasteiger partial charge < -0.3 is 10.2 Å². The summed E-state index contributed by atoms with van der Waals surface area (Å²) in [5, 5.41) is 7.96. The molecule has 4 nitrogen and oxygen atoms in total. The molecule has 2 N–H and O–H groups in total. The lowest BCUT2D eigenvalue weighted by Crippen LogP contribution is -1.98. The minimum Gasteiger partial charge on any atom is -0.424 e. The number of rotatable bonds is 2. The Morgan fingerprint density at radius 3 is 2.44 bits per heavy atom. The third-order valence-corrected chi connectivity index (χ3v) is 3.06. The van der Waals surface area contributed by atoms with Crippen molar-refractivity contribution in [2.75, 3.05) is 0 Å². The van der Waals surface area contributed by atoms with E-state index in [1.807, 2.05) is 0 Å². The van der Waals surface area contributed by atoms with Gasteiger partial charge in [-0.1, -0.05) is 24.3 Å². The van der Waals surface area contributed by atoms with E-state index in [-0.39, 0.29) is 0 Å². The molecule has 3 rings (SSSR count). The Labute approximate surface area is 93.5 Å². The lowest BCUT2D eigenvalue weighted by atomic mass is 10.1. The molecule has 0 radical (unpaired) electrons. The second-order valence-electron chi connectivity index (χ2n) is 4.11. The maximum absolute atomic E-state index is 5.50. The van der Waals surface area contributed by atoms with Crippen LogP contribution in [0.15, 0.2) is 28.7 Å². The second kappa shape index (κ2) is 3.72. The Balaban J connectivity index is 1.85. The quantitative estimate of drug-likeness (QED) is 0.822. The van der Waals surface area contributed by atoms with E-state index in [9.17, 15) is 0 Å². The molecule has 1 heterocycles. The van der Waals surface area contributed by atoms with Crippen LogP contribution in [0.4, 0.5) is 0 Å². The summed E-state index contributed by atoms with van der Waals surface area (Å²) in [4.78, 5) is 0. The maximum Gasteiger partial charge on any atom is 0.230 e. The first-order valence-electron chi connectivity index (χ1n) is 5.46. The fraction of sp³-hybridized carbons (Fsp3) is 0.333. The van der Waals surface area contributed by atoms with Crippen LogP contribution >= 0.6 is 0 Å². The smallest absolute Gasteiger partial charge is 0.230 e. The summed E-state index contributed by atoms with van der Waals surface area (Å²) >= 11 is 0. The normalized spacial score (nSPS) is 15.3. The van der Waals surface area contributed by atoms with Crippen molar-refractivity contribution in [3.63, 3.8) is 0 Å². The van der Waals surface area contributed by atoms with Gasteiger partial charge >= 0.3 is 0 Å². The van der Waals surface area contributed by atoms with E-state index in [4.69, 9.17) is 10.2 Å². The molecule has 82 valence electrons.